The highest BCUT2D eigenvalue weighted by Crippen LogP contribution is 2.16. The largest absolute Gasteiger partial charge is 0.394 e. The van der Waals surface area contributed by atoms with Crippen LogP contribution in [-0.4, -0.2) is 34.9 Å². The molecule has 0 fully saturated rings. The third kappa shape index (κ3) is 44.0. The van der Waals surface area contributed by atoms with Gasteiger partial charge in [0, 0.05) is 6.42 Å². The number of allylic oxidation sites excluding steroid dienone is 3. The van der Waals surface area contributed by atoms with Gasteiger partial charge in [0.1, 0.15) is 0 Å². The molecule has 0 saturated heterocycles. The highest BCUT2D eigenvalue weighted by atomic mass is 16.3. The van der Waals surface area contributed by atoms with Crippen molar-refractivity contribution in [2.24, 2.45) is 0 Å². The number of aliphatic hydroxyl groups is 2. The summed E-state index contributed by atoms with van der Waals surface area (Å²) in [7, 11) is 0. The van der Waals surface area contributed by atoms with Crippen LogP contribution in [0.15, 0.2) is 24.3 Å². The van der Waals surface area contributed by atoms with E-state index in [0.29, 0.717) is 6.42 Å². The molecule has 332 valence electrons. The van der Waals surface area contributed by atoms with Crippen molar-refractivity contribution < 1.29 is 15.0 Å². The molecular formula is C52H101NO3. The average Bonchev–Trinajstić information content (AvgIpc) is 3.20. The second-order valence-electron chi connectivity index (χ2n) is 17.6. The van der Waals surface area contributed by atoms with E-state index in [9.17, 15) is 15.0 Å². The maximum Gasteiger partial charge on any atom is 0.220 e. The third-order valence-corrected chi connectivity index (χ3v) is 11.9. The lowest BCUT2D eigenvalue weighted by Gasteiger charge is -2.20. The topological polar surface area (TPSA) is 69.6 Å². The van der Waals surface area contributed by atoms with Gasteiger partial charge >= 0.3 is 0 Å². The Labute approximate surface area is 351 Å². The lowest BCUT2D eigenvalue weighted by atomic mass is 10.0. The van der Waals surface area contributed by atoms with Crippen LogP contribution >= 0.6 is 0 Å². The highest BCUT2D eigenvalue weighted by molar-refractivity contribution is 5.76. The lowest BCUT2D eigenvalue weighted by molar-refractivity contribution is -0.123. The Hall–Kier alpha value is -1.13. The molecule has 3 N–H and O–H groups in total. The van der Waals surface area contributed by atoms with Crippen LogP contribution in [0.25, 0.3) is 0 Å². The number of carbonyl (C=O) groups excluding carboxylic acids is 1. The van der Waals surface area contributed by atoms with Crippen LogP contribution < -0.4 is 5.32 Å². The fourth-order valence-corrected chi connectivity index (χ4v) is 8.00. The van der Waals surface area contributed by atoms with Crippen LogP contribution in [-0.2, 0) is 4.79 Å². The maximum absolute atomic E-state index is 12.4. The number of hydrogen-bond acceptors (Lipinski definition) is 3. The van der Waals surface area contributed by atoms with E-state index in [-0.39, 0.29) is 12.5 Å². The molecule has 0 radical (unpaired) electrons. The summed E-state index contributed by atoms with van der Waals surface area (Å²) in [5.74, 6) is -0.0611. The Morgan fingerprint density at radius 3 is 0.982 bits per heavy atom. The monoisotopic (exact) mass is 788 g/mol. The van der Waals surface area contributed by atoms with Gasteiger partial charge in [-0.15, -0.1) is 0 Å². The van der Waals surface area contributed by atoms with Crippen molar-refractivity contribution in [3.8, 4) is 0 Å². The maximum atomic E-state index is 12.4. The van der Waals surface area contributed by atoms with E-state index in [1.54, 1.807) is 6.08 Å². The standard InChI is InChI=1S/C52H101NO3/c1-3-5-7-9-11-13-15-17-19-21-22-23-24-25-26-27-28-29-30-32-34-36-38-40-42-44-46-48-52(56)53-50(49-54)51(55)47-45-43-41-39-37-35-33-31-20-18-16-14-12-10-8-6-4-2/h25-26,45,47,50-51,54-55H,3-24,27-44,46,48-49H2,1-2H3,(H,53,56)/b26-25-,47-45+. The first-order valence-electron chi connectivity index (χ1n) is 25.6. The van der Waals surface area contributed by atoms with Crippen molar-refractivity contribution in [2.45, 2.75) is 296 Å². The first-order valence-corrected chi connectivity index (χ1v) is 25.6. The van der Waals surface area contributed by atoms with Crippen LogP contribution in [0, 0.1) is 0 Å². The summed E-state index contributed by atoms with van der Waals surface area (Å²) in [6, 6.07) is -0.620. The molecule has 0 aliphatic heterocycles. The quantitative estimate of drug-likeness (QED) is 0.0425. The van der Waals surface area contributed by atoms with E-state index in [2.05, 4.69) is 31.3 Å². The fraction of sp³-hybridized carbons (Fsp3) is 0.904. The minimum Gasteiger partial charge on any atom is -0.394 e. The number of aliphatic hydroxyl groups excluding tert-OH is 2. The van der Waals surface area contributed by atoms with Crippen molar-refractivity contribution in [3.05, 3.63) is 24.3 Å². The second kappa shape index (κ2) is 48.2. The van der Waals surface area contributed by atoms with Gasteiger partial charge in [0.2, 0.25) is 5.91 Å². The van der Waals surface area contributed by atoms with E-state index >= 15 is 0 Å². The molecule has 0 aromatic heterocycles. The van der Waals surface area contributed by atoms with Crippen LogP contribution in [0.2, 0.25) is 0 Å². The van der Waals surface area contributed by atoms with Gasteiger partial charge in [-0.2, -0.15) is 0 Å². The summed E-state index contributed by atoms with van der Waals surface area (Å²) in [6.45, 7) is 4.34. The Balaban J connectivity index is 3.48. The Morgan fingerprint density at radius 1 is 0.411 bits per heavy atom. The fourth-order valence-electron chi connectivity index (χ4n) is 8.00. The Bertz CT molecular complexity index is 810. The lowest BCUT2D eigenvalue weighted by Crippen LogP contribution is -2.45. The van der Waals surface area contributed by atoms with Gasteiger partial charge in [-0.1, -0.05) is 256 Å². The molecular weight excluding hydrogens is 687 g/mol. The van der Waals surface area contributed by atoms with Crippen molar-refractivity contribution in [2.75, 3.05) is 6.61 Å². The summed E-state index contributed by atoms with van der Waals surface area (Å²) < 4.78 is 0. The molecule has 0 aromatic carbocycles. The minimum atomic E-state index is -0.837. The van der Waals surface area contributed by atoms with E-state index in [4.69, 9.17) is 0 Å². The predicted molar refractivity (Wildman–Crippen MR) is 249 cm³/mol. The van der Waals surface area contributed by atoms with E-state index < -0.39 is 12.1 Å². The van der Waals surface area contributed by atoms with E-state index in [1.165, 1.54) is 238 Å². The molecule has 0 aliphatic rings. The molecule has 2 unspecified atom stereocenters. The van der Waals surface area contributed by atoms with Gasteiger partial charge in [-0.25, -0.2) is 0 Å². The molecule has 0 heterocycles. The number of unbranched alkanes of at least 4 members (excludes halogenated alkanes) is 38. The normalized spacial score (nSPS) is 13.0. The first kappa shape index (κ1) is 54.9. The third-order valence-electron chi connectivity index (χ3n) is 11.9. The van der Waals surface area contributed by atoms with Crippen LogP contribution in [0.1, 0.15) is 284 Å². The molecule has 0 aromatic rings. The molecule has 0 bridgehead atoms. The molecule has 56 heavy (non-hydrogen) atoms. The van der Waals surface area contributed by atoms with Crippen LogP contribution in [0.3, 0.4) is 0 Å². The molecule has 2 atom stereocenters. The van der Waals surface area contributed by atoms with Gasteiger partial charge < -0.3 is 15.5 Å². The molecule has 1 amide bonds. The van der Waals surface area contributed by atoms with Crippen molar-refractivity contribution in [1.29, 1.82) is 0 Å². The van der Waals surface area contributed by atoms with Gasteiger partial charge in [0.05, 0.1) is 18.8 Å². The zero-order chi connectivity index (χ0) is 40.7. The smallest absolute Gasteiger partial charge is 0.220 e. The number of hydrogen-bond donors (Lipinski definition) is 3. The summed E-state index contributed by atoms with van der Waals surface area (Å²) in [6.07, 6.45) is 63.2. The summed E-state index contributed by atoms with van der Waals surface area (Å²) in [5.41, 5.74) is 0. The van der Waals surface area contributed by atoms with Gasteiger partial charge in [-0.3, -0.25) is 4.79 Å². The van der Waals surface area contributed by atoms with Crippen molar-refractivity contribution in [3.63, 3.8) is 0 Å². The molecule has 0 aliphatic carbocycles. The zero-order valence-electron chi connectivity index (χ0n) is 38.2. The SMILES string of the molecule is CCCCCCCCCCCCCC/C=C\CCCCCCCCCCCCCC(=O)NC(CO)C(O)/C=C/CCCCCCCCCCCCCCCCC. The van der Waals surface area contributed by atoms with Gasteiger partial charge in [0.25, 0.3) is 0 Å². The molecule has 0 saturated carbocycles. The molecule has 4 nitrogen and oxygen atoms in total. The van der Waals surface area contributed by atoms with Crippen molar-refractivity contribution >= 4 is 5.91 Å². The molecule has 4 heteroatoms. The van der Waals surface area contributed by atoms with Crippen molar-refractivity contribution in [1.82, 2.24) is 5.32 Å². The van der Waals surface area contributed by atoms with Crippen LogP contribution in [0.5, 0.6) is 0 Å². The number of amides is 1. The number of carbonyl (C=O) groups is 1. The number of rotatable bonds is 47. The zero-order valence-corrected chi connectivity index (χ0v) is 38.2. The summed E-state index contributed by atoms with van der Waals surface area (Å²) in [5, 5.41) is 23.1. The van der Waals surface area contributed by atoms with Gasteiger partial charge in [-0.05, 0) is 44.9 Å². The van der Waals surface area contributed by atoms with Crippen LogP contribution in [0.4, 0.5) is 0 Å². The van der Waals surface area contributed by atoms with E-state index in [1.807, 2.05) is 6.08 Å². The molecule has 0 spiro atoms. The van der Waals surface area contributed by atoms with Gasteiger partial charge in [0.15, 0.2) is 0 Å². The van der Waals surface area contributed by atoms with E-state index in [0.717, 1.165) is 25.7 Å². The Morgan fingerprint density at radius 2 is 0.679 bits per heavy atom. The highest BCUT2D eigenvalue weighted by Gasteiger charge is 2.18. The second-order valence-corrected chi connectivity index (χ2v) is 17.6. The minimum absolute atomic E-state index is 0.0611. The average molecular weight is 788 g/mol. The summed E-state index contributed by atoms with van der Waals surface area (Å²) >= 11 is 0. The summed E-state index contributed by atoms with van der Waals surface area (Å²) in [4.78, 5) is 12.4. The predicted octanol–water partition coefficient (Wildman–Crippen LogP) is 16.4. The Kier molecular flexibility index (Phi) is 47.3. The first-order chi connectivity index (χ1) is 27.7. The number of nitrogens with one attached hydrogen (secondary N) is 1. The molecule has 0 rings (SSSR count).